The van der Waals surface area contributed by atoms with Crippen LogP contribution in [0.1, 0.15) is 36.9 Å². The van der Waals surface area contributed by atoms with Crippen molar-refractivity contribution in [3.05, 3.63) is 78.1 Å². The van der Waals surface area contributed by atoms with Gasteiger partial charge in [-0.15, -0.1) is 6.58 Å². The van der Waals surface area contributed by atoms with Crippen LogP contribution in [-0.4, -0.2) is 24.6 Å². The molecule has 3 rings (SSSR count). The molecule has 1 fully saturated rings. The lowest BCUT2D eigenvalue weighted by Crippen LogP contribution is -2.58. The van der Waals surface area contributed by atoms with Crippen molar-refractivity contribution in [2.45, 2.75) is 31.3 Å². The fraction of sp³-hybridized carbons (Fsp3) is 0.318. The summed E-state index contributed by atoms with van der Waals surface area (Å²) in [7, 11) is 1.63. The minimum atomic E-state index is -0.553. The number of carbonyl (C=O) groups excluding carboxylic acids is 1. The first-order chi connectivity index (χ1) is 13.0. The number of nitrogens with zero attached hydrogens (tertiary/aromatic N) is 1. The second-order valence-corrected chi connectivity index (χ2v) is 6.90. The summed E-state index contributed by atoms with van der Waals surface area (Å²) in [5, 5.41) is 3.16. The molecule has 27 heavy (non-hydrogen) atoms. The Morgan fingerprint density at radius 3 is 2.48 bits per heavy atom. The standard InChI is InChI=1S/C22H25FN2O2/c1-4-13-22(18-7-9-19(23)10-8-18)14-15-25(21(26)24-22)16(2)17-5-11-20(27-3)12-6-17/h4-12,16H,1,13-15H2,2-3H3,(H,24,26)/t16-,22+/m0/s1. The van der Waals surface area contributed by atoms with Crippen LogP contribution >= 0.6 is 0 Å². The van der Waals surface area contributed by atoms with E-state index in [2.05, 4.69) is 11.9 Å². The van der Waals surface area contributed by atoms with E-state index in [1.54, 1.807) is 25.3 Å². The first-order valence-electron chi connectivity index (χ1n) is 9.09. The SMILES string of the molecule is C=CC[C@]1(c2ccc(F)cc2)CCN([C@@H](C)c2ccc(OC)cc2)C(=O)N1. The molecule has 4 nitrogen and oxygen atoms in total. The summed E-state index contributed by atoms with van der Waals surface area (Å²) in [6.07, 6.45) is 3.11. The third-order valence-electron chi connectivity index (χ3n) is 5.34. The molecule has 2 aromatic rings. The average Bonchev–Trinajstić information content (AvgIpc) is 2.68. The third-order valence-corrected chi connectivity index (χ3v) is 5.34. The zero-order valence-corrected chi connectivity index (χ0v) is 15.7. The number of halogens is 1. The molecule has 5 heteroatoms. The van der Waals surface area contributed by atoms with E-state index >= 15 is 0 Å². The van der Waals surface area contributed by atoms with E-state index in [4.69, 9.17) is 4.74 Å². The number of methoxy groups -OCH3 is 1. The summed E-state index contributed by atoms with van der Waals surface area (Å²) < 4.78 is 18.5. The van der Waals surface area contributed by atoms with Gasteiger partial charge in [-0.1, -0.05) is 30.3 Å². The maximum Gasteiger partial charge on any atom is 0.318 e. The Kier molecular flexibility index (Phi) is 5.49. The number of hydrogen-bond donors (Lipinski definition) is 1. The van der Waals surface area contributed by atoms with E-state index < -0.39 is 5.54 Å². The van der Waals surface area contributed by atoms with Gasteiger partial charge in [-0.2, -0.15) is 0 Å². The lowest BCUT2D eigenvalue weighted by molar-refractivity contribution is 0.126. The monoisotopic (exact) mass is 368 g/mol. The Bertz CT molecular complexity index is 804. The van der Waals surface area contributed by atoms with Gasteiger partial charge in [-0.05, 0) is 55.2 Å². The van der Waals surface area contributed by atoms with Gasteiger partial charge in [0.05, 0.1) is 18.7 Å². The molecule has 0 spiro atoms. The van der Waals surface area contributed by atoms with E-state index in [-0.39, 0.29) is 17.9 Å². The largest absolute Gasteiger partial charge is 0.497 e. The van der Waals surface area contributed by atoms with E-state index in [9.17, 15) is 9.18 Å². The number of benzene rings is 2. The van der Waals surface area contributed by atoms with Gasteiger partial charge in [0.1, 0.15) is 11.6 Å². The second kappa shape index (κ2) is 7.82. The van der Waals surface area contributed by atoms with Crippen LogP contribution in [0.5, 0.6) is 5.75 Å². The Hall–Kier alpha value is -2.82. The molecule has 1 aliphatic heterocycles. The number of urea groups is 1. The van der Waals surface area contributed by atoms with Crippen molar-refractivity contribution >= 4 is 6.03 Å². The Morgan fingerprint density at radius 2 is 1.93 bits per heavy atom. The van der Waals surface area contributed by atoms with Gasteiger partial charge in [-0.3, -0.25) is 0 Å². The summed E-state index contributed by atoms with van der Waals surface area (Å²) in [6, 6.07) is 13.9. The van der Waals surface area contributed by atoms with E-state index in [0.717, 1.165) is 23.3 Å². The summed E-state index contributed by atoms with van der Waals surface area (Å²) in [4.78, 5) is 14.8. The lowest BCUT2D eigenvalue weighted by atomic mass is 9.81. The highest BCUT2D eigenvalue weighted by atomic mass is 19.1. The predicted molar refractivity (Wildman–Crippen MR) is 104 cm³/mol. The zero-order chi connectivity index (χ0) is 19.4. The predicted octanol–water partition coefficient (Wildman–Crippen LogP) is 4.78. The van der Waals surface area contributed by atoms with Gasteiger partial charge < -0.3 is 15.0 Å². The average molecular weight is 368 g/mol. The molecule has 1 heterocycles. The van der Waals surface area contributed by atoms with Crippen LogP contribution in [0.25, 0.3) is 0 Å². The topological polar surface area (TPSA) is 41.6 Å². The fourth-order valence-corrected chi connectivity index (χ4v) is 3.69. The molecule has 0 aromatic heterocycles. The number of amides is 2. The molecule has 0 aliphatic carbocycles. The summed E-state index contributed by atoms with van der Waals surface area (Å²) in [5.41, 5.74) is 1.39. The number of hydrogen-bond acceptors (Lipinski definition) is 2. The van der Waals surface area contributed by atoms with Gasteiger partial charge in [0.15, 0.2) is 0 Å². The highest BCUT2D eigenvalue weighted by Gasteiger charge is 2.40. The van der Waals surface area contributed by atoms with Crippen LogP contribution in [0.4, 0.5) is 9.18 Å². The van der Waals surface area contributed by atoms with Crippen molar-refractivity contribution in [2.75, 3.05) is 13.7 Å². The van der Waals surface area contributed by atoms with Gasteiger partial charge in [-0.25, -0.2) is 9.18 Å². The van der Waals surface area contributed by atoms with Crippen LogP contribution in [0, 0.1) is 5.82 Å². The van der Waals surface area contributed by atoms with Crippen LogP contribution in [0.2, 0.25) is 0 Å². The molecule has 0 unspecified atom stereocenters. The summed E-state index contributed by atoms with van der Waals surface area (Å²) >= 11 is 0. The molecular formula is C22H25FN2O2. The van der Waals surface area contributed by atoms with E-state index in [0.29, 0.717) is 13.0 Å². The minimum absolute atomic E-state index is 0.0640. The van der Waals surface area contributed by atoms with Crippen molar-refractivity contribution in [1.82, 2.24) is 10.2 Å². The Balaban J connectivity index is 1.80. The first kappa shape index (κ1) is 19.0. The maximum atomic E-state index is 13.3. The molecule has 142 valence electrons. The van der Waals surface area contributed by atoms with Crippen molar-refractivity contribution < 1.29 is 13.9 Å². The molecule has 0 bridgehead atoms. The molecule has 2 amide bonds. The first-order valence-corrected chi connectivity index (χ1v) is 9.09. The Morgan fingerprint density at radius 1 is 1.26 bits per heavy atom. The Labute approximate surface area is 159 Å². The number of nitrogens with one attached hydrogen (secondary N) is 1. The van der Waals surface area contributed by atoms with Gasteiger partial charge >= 0.3 is 6.03 Å². The summed E-state index contributed by atoms with van der Waals surface area (Å²) in [5.74, 6) is 0.500. The minimum Gasteiger partial charge on any atom is -0.497 e. The second-order valence-electron chi connectivity index (χ2n) is 6.90. The van der Waals surface area contributed by atoms with Crippen molar-refractivity contribution in [3.63, 3.8) is 0 Å². The van der Waals surface area contributed by atoms with Gasteiger partial charge in [0.2, 0.25) is 0 Å². The van der Waals surface area contributed by atoms with Gasteiger partial charge in [0.25, 0.3) is 0 Å². The van der Waals surface area contributed by atoms with E-state index in [1.807, 2.05) is 36.1 Å². The number of rotatable bonds is 6. The quantitative estimate of drug-likeness (QED) is 0.746. The normalized spacial score (nSPS) is 20.7. The van der Waals surface area contributed by atoms with Crippen molar-refractivity contribution in [1.29, 1.82) is 0 Å². The zero-order valence-electron chi connectivity index (χ0n) is 15.7. The maximum absolute atomic E-state index is 13.3. The number of ether oxygens (including phenoxy) is 1. The van der Waals surface area contributed by atoms with Crippen LogP contribution < -0.4 is 10.1 Å². The smallest absolute Gasteiger partial charge is 0.318 e. The molecule has 1 N–H and O–H groups in total. The highest BCUT2D eigenvalue weighted by Crippen LogP contribution is 2.35. The molecule has 1 aliphatic rings. The van der Waals surface area contributed by atoms with Crippen molar-refractivity contribution in [2.24, 2.45) is 0 Å². The van der Waals surface area contributed by atoms with Gasteiger partial charge in [0, 0.05) is 6.54 Å². The summed E-state index contributed by atoms with van der Waals surface area (Å²) in [6.45, 7) is 6.45. The van der Waals surface area contributed by atoms with Crippen LogP contribution in [0.3, 0.4) is 0 Å². The molecule has 2 aromatic carbocycles. The molecule has 1 saturated heterocycles. The molecule has 0 radical (unpaired) electrons. The lowest BCUT2D eigenvalue weighted by Gasteiger charge is -2.44. The van der Waals surface area contributed by atoms with E-state index in [1.165, 1.54) is 12.1 Å². The fourth-order valence-electron chi connectivity index (χ4n) is 3.69. The molecule has 0 saturated carbocycles. The van der Waals surface area contributed by atoms with Crippen molar-refractivity contribution in [3.8, 4) is 5.75 Å². The highest BCUT2D eigenvalue weighted by molar-refractivity contribution is 5.77. The third kappa shape index (κ3) is 3.82. The number of carbonyl (C=O) groups is 1. The van der Waals surface area contributed by atoms with Crippen LogP contribution in [0.15, 0.2) is 61.2 Å². The molecule has 2 atom stereocenters. The molecular weight excluding hydrogens is 343 g/mol. The van der Waals surface area contributed by atoms with Crippen LogP contribution in [-0.2, 0) is 5.54 Å².